The smallest absolute Gasteiger partial charge is 0.102 e. The van der Waals surface area contributed by atoms with Crippen LogP contribution in [0.25, 0.3) is 0 Å². The van der Waals surface area contributed by atoms with Crippen molar-refractivity contribution >= 4 is 5.69 Å². The number of para-hydroxylation sites is 1. The van der Waals surface area contributed by atoms with Crippen LogP contribution in [0.5, 0.6) is 0 Å². The quantitative estimate of drug-likeness (QED) is 0.786. The third-order valence-corrected chi connectivity index (χ3v) is 2.80. The van der Waals surface area contributed by atoms with Crippen molar-refractivity contribution in [3.05, 3.63) is 60.4 Å². The zero-order valence-electron chi connectivity index (χ0n) is 9.27. The average molecular weight is 224 g/mol. The fourth-order valence-corrected chi connectivity index (χ4v) is 1.95. The van der Waals surface area contributed by atoms with E-state index in [0.29, 0.717) is 6.54 Å². The van der Waals surface area contributed by atoms with Gasteiger partial charge in [-0.15, -0.1) is 0 Å². The summed E-state index contributed by atoms with van der Waals surface area (Å²) < 4.78 is 0. The molecule has 1 aromatic heterocycles. The Bertz CT molecular complexity index is 509. The minimum Gasteiger partial charge on any atom is -0.264 e. The van der Waals surface area contributed by atoms with Gasteiger partial charge in [-0.2, -0.15) is 5.11 Å². The van der Waals surface area contributed by atoms with Gasteiger partial charge in [0.05, 0.1) is 12.2 Å². The van der Waals surface area contributed by atoms with Gasteiger partial charge in [0.25, 0.3) is 0 Å². The molecular weight excluding hydrogens is 212 g/mol. The molecular formula is C13H12N4. The first-order chi connectivity index (χ1) is 8.45. The molecule has 0 spiro atoms. The van der Waals surface area contributed by atoms with Crippen molar-refractivity contribution < 1.29 is 0 Å². The number of anilines is 1. The van der Waals surface area contributed by atoms with E-state index in [-0.39, 0.29) is 6.04 Å². The highest BCUT2D eigenvalue weighted by Gasteiger charge is 2.25. The summed E-state index contributed by atoms with van der Waals surface area (Å²) in [7, 11) is 0. The van der Waals surface area contributed by atoms with Gasteiger partial charge in [0.15, 0.2) is 0 Å². The van der Waals surface area contributed by atoms with Crippen LogP contribution in [-0.4, -0.2) is 11.5 Å². The number of aromatic nitrogens is 1. The van der Waals surface area contributed by atoms with Gasteiger partial charge in [0.2, 0.25) is 0 Å². The standard InChI is InChI=1S/C13H12N4/c1-2-6-12(7-3-1)17-13(10-15-16-17)11-5-4-8-14-9-11/h1-9,13H,10H2/t13-/m1/s1. The summed E-state index contributed by atoms with van der Waals surface area (Å²) in [6.45, 7) is 0.681. The molecule has 0 saturated heterocycles. The van der Waals surface area contributed by atoms with Gasteiger partial charge in [0.1, 0.15) is 6.04 Å². The van der Waals surface area contributed by atoms with Gasteiger partial charge in [-0.3, -0.25) is 4.98 Å². The Hall–Kier alpha value is -2.23. The van der Waals surface area contributed by atoms with Crippen LogP contribution in [-0.2, 0) is 0 Å². The van der Waals surface area contributed by atoms with Gasteiger partial charge in [-0.1, -0.05) is 29.5 Å². The molecule has 2 aromatic rings. The number of hydrogen-bond acceptors (Lipinski definition) is 4. The maximum atomic E-state index is 4.19. The van der Waals surface area contributed by atoms with Crippen molar-refractivity contribution in [1.29, 1.82) is 0 Å². The van der Waals surface area contributed by atoms with Crippen molar-refractivity contribution in [3.63, 3.8) is 0 Å². The molecule has 4 nitrogen and oxygen atoms in total. The van der Waals surface area contributed by atoms with Crippen molar-refractivity contribution in [1.82, 2.24) is 4.98 Å². The zero-order chi connectivity index (χ0) is 11.5. The molecule has 0 fully saturated rings. The minimum absolute atomic E-state index is 0.158. The van der Waals surface area contributed by atoms with E-state index in [2.05, 4.69) is 21.4 Å². The van der Waals surface area contributed by atoms with Crippen LogP contribution in [0.2, 0.25) is 0 Å². The van der Waals surface area contributed by atoms with E-state index in [9.17, 15) is 0 Å². The van der Waals surface area contributed by atoms with Crippen LogP contribution in [0.3, 0.4) is 0 Å². The van der Waals surface area contributed by atoms with Crippen molar-refractivity contribution in [3.8, 4) is 0 Å². The van der Waals surface area contributed by atoms with E-state index in [1.165, 1.54) is 0 Å². The topological polar surface area (TPSA) is 40.9 Å². The molecule has 1 atom stereocenters. The van der Waals surface area contributed by atoms with Crippen LogP contribution >= 0.6 is 0 Å². The second kappa shape index (κ2) is 4.33. The lowest BCUT2D eigenvalue weighted by Crippen LogP contribution is -2.20. The Labute approximate surface area is 99.6 Å². The molecule has 17 heavy (non-hydrogen) atoms. The number of rotatable bonds is 2. The molecule has 3 rings (SSSR count). The summed E-state index contributed by atoms with van der Waals surface area (Å²) in [4.78, 5) is 4.15. The summed E-state index contributed by atoms with van der Waals surface area (Å²) in [5.41, 5.74) is 2.20. The fourth-order valence-electron chi connectivity index (χ4n) is 1.95. The Morgan fingerprint density at radius 3 is 2.71 bits per heavy atom. The Kier molecular flexibility index (Phi) is 2.54. The van der Waals surface area contributed by atoms with Crippen LogP contribution in [0.1, 0.15) is 11.6 Å². The number of nitrogens with zero attached hydrogens (tertiary/aromatic N) is 4. The first-order valence-corrected chi connectivity index (χ1v) is 5.57. The molecule has 1 aliphatic rings. The van der Waals surface area contributed by atoms with E-state index in [1.807, 2.05) is 47.6 Å². The largest absolute Gasteiger partial charge is 0.264 e. The molecule has 84 valence electrons. The normalized spacial score (nSPS) is 18.6. The zero-order valence-corrected chi connectivity index (χ0v) is 9.27. The third-order valence-electron chi connectivity index (χ3n) is 2.80. The van der Waals surface area contributed by atoms with Crippen LogP contribution in [0.15, 0.2) is 65.2 Å². The monoisotopic (exact) mass is 224 g/mol. The van der Waals surface area contributed by atoms with Crippen LogP contribution in [0, 0.1) is 0 Å². The number of pyridine rings is 1. The maximum absolute atomic E-state index is 4.19. The molecule has 0 N–H and O–H groups in total. The van der Waals surface area contributed by atoms with E-state index in [1.54, 1.807) is 6.20 Å². The molecule has 0 radical (unpaired) electrons. The van der Waals surface area contributed by atoms with Gasteiger partial charge in [-0.25, -0.2) is 5.01 Å². The second-order valence-electron chi connectivity index (χ2n) is 3.90. The molecule has 0 saturated carbocycles. The van der Waals surface area contributed by atoms with E-state index >= 15 is 0 Å². The number of hydrogen-bond donors (Lipinski definition) is 0. The molecule has 4 heteroatoms. The first kappa shape index (κ1) is 9.96. The highest BCUT2D eigenvalue weighted by Crippen LogP contribution is 2.31. The highest BCUT2D eigenvalue weighted by molar-refractivity contribution is 5.48. The lowest BCUT2D eigenvalue weighted by atomic mass is 10.1. The SMILES string of the molecule is c1ccc(N2N=NC[C@@H]2c2cccnc2)cc1. The Balaban J connectivity index is 1.93. The molecule has 1 aliphatic heterocycles. The summed E-state index contributed by atoms with van der Waals surface area (Å²) in [6, 6.07) is 14.2. The molecule has 0 aliphatic carbocycles. The Morgan fingerprint density at radius 1 is 1.06 bits per heavy atom. The minimum atomic E-state index is 0.158. The van der Waals surface area contributed by atoms with E-state index in [4.69, 9.17) is 0 Å². The van der Waals surface area contributed by atoms with Gasteiger partial charge < -0.3 is 0 Å². The summed E-state index contributed by atoms with van der Waals surface area (Å²) in [5.74, 6) is 0. The summed E-state index contributed by atoms with van der Waals surface area (Å²) in [6.07, 6.45) is 3.65. The Morgan fingerprint density at radius 2 is 1.94 bits per heavy atom. The fraction of sp³-hybridized carbons (Fsp3) is 0.154. The van der Waals surface area contributed by atoms with Gasteiger partial charge in [0, 0.05) is 12.4 Å². The van der Waals surface area contributed by atoms with Crippen LogP contribution < -0.4 is 5.01 Å². The van der Waals surface area contributed by atoms with Gasteiger partial charge >= 0.3 is 0 Å². The van der Waals surface area contributed by atoms with Crippen molar-refractivity contribution in [2.75, 3.05) is 11.6 Å². The van der Waals surface area contributed by atoms with Crippen LogP contribution in [0.4, 0.5) is 5.69 Å². The molecule has 0 unspecified atom stereocenters. The highest BCUT2D eigenvalue weighted by atomic mass is 15.6. The summed E-state index contributed by atoms with van der Waals surface area (Å²) in [5, 5.41) is 10.3. The molecule has 0 amide bonds. The lowest BCUT2D eigenvalue weighted by Gasteiger charge is -2.21. The predicted molar refractivity (Wildman–Crippen MR) is 65.6 cm³/mol. The molecule has 1 aromatic carbocycles. The van der Waals surface area contributed by atoms with Crippen molar-refractivity contribution in [2.24, 2.45) is 10.3 Å². The van der Waals surface area contributed by atoms with Gasteiger partial charge in [-0.05, 0) is 23.8 Å². The third kappa shape index (κ3) is 1.89. The molecule has 0 bridgehead atoms. The van der Waals surface area contributed by atoms with E-state index < -0.39 is 0 Å². The average Bonchev–Trinajstić information content (AvgIpc) is 2.90. The second-order valence-corrected chi connectivity index (χ2v) is 3.90. The lowest BCUT2D eigenvalue weighted by molar-refractivity contribution is 0.728. The van der Waals surface area contributed by atoms with E-state index in [0.717, 1.165) is 11.3 Å². The maximum Gasteiger partial charge on any atom is 0.102 e. The predicted octanol–water partition coefficient (Wildman–Crippen LogP) is 3.01. The first-order valence-electron chi connectivity index (χ1n) is 5.57. The number of benzene rings is 1. The van der Waals surface area contributed by atoms with Crippen molar-refractivity contribution in [2.45, 2.75) is 6.04 Å². The molecule has 2 heterocycles. The summed E-state index contributed by atoms with van der Waals surface area (Å²) >= 11 is 0.